The first-order chi connectivity index (χ1) is 19.6. The third kappa shape index (κ3) is 2.89. The molecule has 6 aliphatic carbocycles. The molecule has 192 valence electrons. The lowest BCUT2D eigenvalue weighted by molar-refractivity contribution is -0.114. The third-order valence-corrected chi connectivity index (χ3v) is 12.5. The molecule has 4 heteroatoms. The zero-order valence-electron chi connectivity index (χ0n) is 21.7. The SMILES string of the molecule is O=C1C2=C(C=c3cc4c5cc3C2CCC(C=C4)C=5)S/C1=C1/SC2=C(C1=O)C1CCC3C=Cc4cc(c1cc4=C3)=C2. The number of carbonyl (C=O) groups is 2. The molecule has 4 atom stereocenters. The van der Waals surface area contributed by atoms with Crippen LogP contribution in [0.15, 0.2) is 67.2 Å². The number of fused-ring (bicyclic) bond motifs is 4. The number of allylic oxidation sites excluding steroid dienone is 8. The van der Waals surface area contributed by atoms with Gasteiger partial charge in [0.15, 0.2) is 11.6 Å². The molecule has 4 unspecified atom stereocenters. The van der Waals surface area contributed by atoms with Crippen molar-refractivity contribution in [3.8, 4) is 0 Å². The smallest absolute Gasteiger partial charge is 0.198 e. The van der Waals surface area contributed by atoms with E-state index in [9.17, 15) is 9.59 Å². The predicted molar refractivity (Wildman–Crippen MR) is 165 cm³/mol. The van der Waals surface area contributed by atoms with Gasteiger partial charge in [-0.1, -0.05) is 72.1 Å². The Labute approximate surface area is 240 Å². The number of carbonyl (C=O) groups excluding carboxylic acids is 2. The highest BCUT2D eigenvalue weighted by atomic mass is 32.2. The van der Waals surface area contributed by atoms with Crippen molar-refractivity contribution in [2.45, 2.75) is 37.5 Å². The van der Waals surface area contributed by atoms with Gasteiger partial charge in [-0.05, 0) is 105 Å². The lowest BCUT2D eigenvalue weighted by Crippen LogP contribution is -2.29. The Hall–Kier alpha value is -3.34. The monoisotopic (exact) mass is 552 g/mol. The molecule has 0 saturated heterocycles. The number of rotatable bonds is 0. The summed E-state index contributed by atoms with van der Waals surface area (Å²) >= 11 is 3.09. The van der Waals surface area contributed by atoms with Gasteiger partial charge in [-0.3, -0.25) is 9.59 Å². The van der Waals surface area contributed by atoms with Gasteiger partial charge in [0.25, 0.3) is 0 Å². The highest BCUT2D eigenvalue weighted by Crippen LogP contribution is 2.55. The lowest BCUT2D eigenvalue weighted by atomic mass is 9.75. The fourth-order valence-corrected chi connectivity index (χ4v) is 10.7. The van der Waals surface area contributed by atoms with Crippen LogP contribution in [0.2, 0.25) is 0 Å². The second kappa shape index (κ2) is 7.69. The molecule has 0 spiro atoms. The van der Waals surface area contributed by atoms with Crippen LogP contribution >= 0.6 is 23.5 Å². The van der Waals surface area contributed by atoms with E-state index in [0.29, 0.717) is 21.6 Å². The molecule has 8 aliphatic rings. The summed E-state index contributed by atoms with van der Waals surface area (Å²) in [6.07, 6.45) is 22.3. The Morgan fingerprint density at radius 2 is 1.05 bits per heavy atom. The molecule has 0 radical (unpaired) electrons. The Balaban J connectivity index is 1.08. The molecule has 40 heavy (non-hydrogen) atoms. The minimum Gasteiger partial charge on any atom is -0.288 e. The second-order valence-electron chi connectivity index (χ2n) is 12.2. The summed E-state index contributed by atoms with van der Waals surface area (Å²) in [6, 6.07) is 9.22. The average molecular weight is 553 g/mol. The normalized spacial score (nSPS) is 31.1. The van der Waals surface area contributed by atoms with Crippen molar-refractivity contribution < 1.29 is 9.59 Å². The van der Waals surface area contributed by atoms with Gasteiger partial charge in [-0.2, -0.15) is 0 Å². The van der Waals surface area contributed by atoms with Crippen molar-refractivity contribution >= 4 is 71.5 Å². The van der Waals surface area contributed by atoms with Crippen LogP contribution in [0.25, 0.3) is 36.5 Å². The van der Waals surface area contributed by atoms with Gasteiger partial charge in [0.1, 0.15) is 0 Å². The van der Waals surface area contributed by atoms with E-state index in [0.717, 1.165) is 46.6 Å². The molecule has 2 nitrogen and oxygen atoms in total. The van der Waals surface area contributed by atoms with Crippen LogP contribution in [-0.2, 0) is 9.59 Å². The minimum absolute atomic E-state index is 0.0819. The number of ketones is 2. The van der Waals surface area contributed by atoms with Crippen molar-refractivity contribution in [1.82, 2.24) is 0 Å². The van der Waals surface area contributed by atoms with E-state index in [1.54, 1.807) is 23.5 Å². The van der Waals surface area contributed by atoms with E-state index in [2.05, 4.69) is 72.9 Å². The number of benzene rings is 2. The Morgan fingerprint density at radius 1 is 0.575 bits per heavy atom. The standard InChI is InChI=1S/C36H24O2S2/c37-33-31-25-7-3-17-1-5-19-11-23(27(25)13-21(19)9-17)15-29(31)39-35(33)36-34(38)32-26-8-4-18-2-6-20-12-24(16-30(32)40-36)28(26)14-22(20)10-18/h1-2,5-6,9-18,25-26H,3-4,7-8H2/b36-35+. The van der Waals surface area contributed by atoms with Gasteiger partial charge >= 0.3 is 0 Å². The zero-order chi connectivity index (χ0) is 26.3. The van der Waals surface area contributed by atoms with Crippen molar-refractivity contribution in [2.24, 2.45) is 11.8 Å². The van der Waals surface area contributed by atoms with Gasteiger partial charge in [-0.25, -0.2) is 0 Å². The summed E-state index contributed by atoms with van der Waals surface area (Å²) < 4.78 is 0. The van der Waals surface area contributed by atoms with Gasteiger partial charge < -0.3 is 0 Å². The molecule has 10 rings (SSSR count). The fourth-order valence-electron chi connectivity index (χ4n) is 8.13. The molecule has 6 bridgehead atoms. The van der Waals surface area contributed by atoms with Gasteiger partial charge in [0, 0.05) is 32.8 Å². The number of Topliss-reactive ketones (excluding diaryl/α,β-unsaturated/α-hetero) is 2. The van der Waals surface area contributed by atoms with E-state index < -0.39 is 0 Å². The second-order valence-corrected chi connectivity index (χ2v) is 14.3. The van der Waals surface area contributed by atoms with Crippen LogP contribution < -0.4 is 20.9 Å². The summed E-state index contributed by atoms with van der Waals surface area (Å²) in [5.74, 6) is 1.23. The summed E-state index contributed by atoms with van der Waals surface area (Å²) in [4.78, 5) is 31.9. The van der Waals surface area contributed by atoms with Crippen LogP contribution in [0.3, 0.4) is 0 Å². The van der Waals surface area contributed by atoms with E-state index in [4.69, 9.17) is 0 Å². The minimum atomic E-state index is 0.0819. The van der Waals surface area contributed by atoms with Crippen LogP contribution in [0.5, 0.6) is 0 Å². The van der Waals surface area contributed by atoms with Crippen LogP contribution in [-0.4, -0.2) is 11.6 Å². The quantitative estimate of drug-likeness (QED) is 0.435. The molecule has 2 aromatic carbocycles. The summed E-state index contributed by atoms with van der Waals surface area (Å²) in [5.41, 5.74) is 6.93. The highest BCUT2D eigenvalue weighted by molar-refractivity contribution is 8.12. The predicted octanol–water partition coefficient (Wildman–Crippen LogP) is 4.93. The topological polar surface area (TPSA) is 34.1 Å². The lowest BCUT2D eigenvalue weighted by Gasteiger charge is -2.27. The molecule has 2 heterocycles. The van der Waals surface area contributed by atoms with Crippen molar-refractivity contribution in [1.29, 1.82) is 0 Å². The van der Waals surface area contributed by atoms with Crippen molar-refractivity contribution in [3.05, 3.63) is 110 Å². The van der Waals surface area contributed by atoms with Crippen molar-refractivity contribution in [2.75, 3.05) is 0 Å². The van der Waals surface area contributed by atoms with Crippen LogP contribution in [0.1, 0.15) is 59.8 Å². The van der Waals surface area contributed by atoms with Gasteiger partial charge in [0.2, 0.25) is 0 Å². The third-order valence-electron chi connectivity index (χ3n) is 10.1. The Morgan fingerprint density at radius 3 is 1.52 bits per heavy atom. The van der Waals surface area contributed by atoms with E-state index in [1.807, 2.05) is 0 Å². The fraction of sp³-hybridized carbons (Fsp3) is 0.222. The molecule has 0 fully saturated rings. The van der Waals surface area contributed by atoms with Gasteiger partial charge in [0.05, 0.1) is 9.81 Å². The Kier molecular flexibility index (Phi) is 4.30. The maximum Gasteiger partial charge on any atom is 0.198 e. The van der Waals surface area contributed by atoms with Gasteiger partial charge in [-0.15, -0.1) is 0 Å². The molecule has 2 aliphatic heterocycles. The molecule has 0 saturated carbocycles. The summed E-state index contributed by atoms with van der Waals surface area (Å²) in [7, 11) is 0. The zero-order valence-corrected chi connectivity index (χ0v) is 23.3. The largest absolute Gasteiger partial charge is 0.288 e. The molecule has 0 aromatic heterocycles. The summed E-state index contributed by atoms with van der Waals surface area (Å²) in [5, 5.41) is 5.04. The van der Waals surface area contributed by atoms with E-state index in [1.165, 1.54) is 43.1 Å². The number of thioether (sulfide) groups is 2. The number of hydrogen-bond donors (Lipinski definition) is 0. The molecular formula is C36H24O2S2. The first kappa shape index (κ1) is 22.4. The first-order valence-electron chi connectivity index (χ1n) is 14.4. The summed E-state index contributed by atoms with van der Waals surface area (Å²) in [6.45, 7) is 0. The van der Waals surface area contributed by atoms with E-state index in [-0.39, 0.29) is 23.4 Å². The van der Waals surface area contributed by atoms with Crippen molar-refractivity contribution in [3.63, 3.8) is 0 Å². The molecule has 2 aromatic rings. The van der Waals surface area contributed by atoms with Crippen LogP contribution in [0, 0.1) is 11.8 Å². The highest BCUT2D eigenvalue weighted by Gasteiger charge is 2.44. The van der Waals surface area contributed by atoms with E-state index >= 15 is 0 Å². The average Bonchev–Trinajstić information content (AvgIpc) is 3.44. The maximum absolute atomic E-state index is 14.2. The van der Waals surface area contributed by atoms with Crippen LogP contribution in [0.4, 0.5) is 0 Å². The molecule has 0 N–H and O–H groups in total. The number of hydrogen-bond acceptors (Lipinski definition) is 4. The maximum atomic E-state index is 14.2. The molecular weight excluding hydrogens is 529 g/mol. The molecule has 0 amide bonds. The first-order valence-corrected chi connectivity index (χ1v) is 16.0. The Bertz CT molecular complexity index is 1970.